The highest BCUT2D eigenvalue weighted by Crippen LogP contribution is 2.35. The van der Waals surface area contributed by atoms with Crippen LogP contribution in [0.1, 0.15) is 36.0 Å². The molecular weight excluding hydrogens is 409 g/mol. The fourth-order valence-corrected chi connectivity index (χ4v) is 4.15. The molecule has 0 bridgehead atoms. The van der Waals surface area contributed by atoms with E-state index in [2.05, 4.69) is 4.98 Å². The number of nitrogens with zero attached hydrogens (tertiary/aromatic N) is 2. The zero-order chi connectivity index (χ0) is 20.5. The second-order valence-corrected chi connectivity index (χ2v) is 8.89. The summed E-state index contributed by atoms with van der Waals surface area (Å²) in [6.07, 6.45) is 0.187. The van der Waals surface area contributed by atoms with Gasteiger partial charge in [0.15, 0.2) is 0 Å². The molecule has 8 heteroatoms. The molecule has 0 radical (unpaired) electrons. The van der Waals surface area contributed by atoms with Crippen molar-refractivity contribution < 1.29 is 17.4 Å². The van der Waals surface area contributed by atoms with E-state index in [9.17, 15) is 17.4 Å². The van der Waals surface area contributed by atoms with Crippen molar-refractivity contribution in [2.75, 3.05) is 5.75 Å². The van der Waals surface area contributed by atoms with Crippen molar-refractivity contribution in [3.8, 4) is 0 Å². The number of halogens is 4. The molecule has 1 aromatic carbocycles. The van der Waals surface area contributed by atoms with Gasteiger partial charge in [0, 0.05) is 16.7 Å². The highest BCUT2D eigenvalue weighted by molar-refractivity contribution is 7.85. The van der Waals surface area contributed by atoms with Crippen molar-refractivity contribution in [3.05, 3.63) is 52.3 Å². The summed E-state index contributed by atoms with van der Waals surface area (Å²) in [6, 6.07) is 6.77. The number of hydrogen-bond acceptors (Lipinski definition) is 3. The number of alkyl halides is 3. The summed E-state index contributed by atoms with van der Waals surface area (Å²) in [5.74, 6) is -0.810. The first-order valence-electron chi connectivity index (χ1n) is 8.88. The highest BCUT2D eigenvalue weighted by Gasteiger charge is 2.32. The lowest BCUT2D eigenvalue weighted by atomic mass is 10.1. The minimum absolute atomic E-state index is 0.168. The van der Waals surface area contributed by atoms with Gasteiger partial charge in [-0.1, -0.05) is 17.7 Å². The fraction of sp³-hybridized carbons (Fsp3) is 0.400. The van der Waals surface area contributed by atoms with Gasteiger partial charge in [-0.2, -0.15) is 13.2 Å². The number of benzene rings is 1. The smallest absolute Gasteiger partial charge is 0.254 e. The van der Waals surface area contributed by atoms with E-state index >= 15 is 0 Å². The fourth-order valence-electron chi connectivity index (χ4n) is 2.93. The van der Waals surface area contributed by atoms with Crippen LogP contribution in [-0.2, 0) is 10.8 Å². The lowest BCUT2D eigenvalue weighted by Crippen LogP contribution is -2.19. The molecule has 1 unspecified atom stereocenters. The zero-order valence-electron chi connectivity index (χ0n) is 15.5. The van der Waals surface area contributed by atoms with Gasteiger partial charge in [0.05, 0.1) is 22.2 Å². The number of rotatable bonds is 6. The summed E-state index contributed by atoms with van der Waals surface area (Å²) < 4.78 is 50.3. The first-order valence-corrected chi connectivity index (χ1v) is 10.6. The third-order valence-electron chi connectivity index (χ3n) is 4.53. The molecular formula is C20H20ClF3N2OS. The first-order chi connectivity index (χ1) is 13.1. The number of pyridine rings is 1. The predicted molar refractivity (Wildman–Crippen MR) is 106 cm³/mol. The van der Waals surface area contributed by atoms with Crippen molar-refractivity contribution in [1.29, 1.82) is 0 Å². The van der Waals surface area contributed by atoms with Crippen LogP contribution < -0.4 is 0 Å². The molecule has 1 atom stereocenters. The predicted octanol–water partition coefficient (Wildman–Crippen LogP) is 5.94. The van der Waals surface area contributed by atoms with E-state index in [1.54, 1.807) is 25.3 Å². The third kappa shape index (κ3) is 5.64. The van der Waals surface area contributed by atoms with E-state index in [4.69, 9.17) is 16.6 Å². The van der Waals surface area contributed by atoms with Gasteiger partial charge in [0.25, 0.3) is 0 Å². The molecule has 1 aliphatic carbocycles. The molecule has 28 heavy (non-hydrogen) atoms. The van der Waals surface area contributed by atoms with Gasteiger partial charge in [-0.05, 0) is 68.4 Å². The van der Waals surface area contributed by atoms with Gasteiger partial charge in [-0.3, -0.25) is 9.20 Å². The summed E-state index contributed by atoms with van der Waals surface area (Å²) >= 11 is 5.87. The number of aryl methyl sites for hydroxylation is 2. The Kier molecular flexibility index (Phi) is 6.25. The van der Waals surface area contributed by atoms with Crippen LogP contribution in [0.2, 0.25) is 5.15 Å². The Balaban J connectivity index is 2.00. The minimum Gasteiger partial charge on any atom is -0.254 e. The van der Waals surface area contributed by atoms with Crippen molar-refractivity contribution in [3.63, 3.8) is 0 Å². The molecule has 0 N–H and O–H groups in total. The van der Waals surface area contributed by atoms with E-state index in [1.165, 1.54) is 6.07 Å². The molecule has 1 aromatic heterocycles. The summed E-state index contributed by atoms with van der Waals surface area (Å²) in [6.45, 7) is 3.51. The number of aromatic nitrogens is 1. The lowest BCUT2D eigenvalue weighted by Gasteiger charge is -2.13. The Labute approximate surface area is 169 Å². The Morgan fingerprint density at radius 1 is 1.25 bits per heavy atom. The van der Waals surface area contributed by atoms with Crippen LogP contribution in [0.3, 0.4) is 0 Å². The van der Waals surface area contributed by atoms with Crippen LogP contribution in [0.15, 0.2) is 40.4 Å². The van der Waals surface area contributed by atoms with Gasteiger partial charge < -0.3 is 0 Å². The van der Waals surface area contributed by atoms with Gasteiger partial charge in [-0.25, -0.2) is 4.98 Å². The quantitative estimate of drug-likeness (QED) is 0.422. The van der Waals surface area contributed by atoms with Crippen molar-refractivity contribution >= 4 is 33.8 Å². The minimum atomic E-state index is -4.49. The molecule has 3 rings (SSSR count). The van der Waals surface area contributed by atoms with Crippen LogP contribution in [0.4, 0.5) is 18.9 Å². The van der Waals surface area contributed by atoms with Gasteiger partial charge in [-0.15, -0.1) is 0 Å². The normalized spacial score (nSPS) is 16.3. The molecule has 1 fully saturated rings. The second-order valence-electron chi connectivity index (χ2n) is 7.08. The van der Waals surface area contributed by atoms with Crippen LogP contribution in [0.5, 0.6) is 0 Å². The maximum Gasteiger partial charge on any atom is 0.400 e. The number of hydrogen-bond donors (Lipinski definition) is 0. The molecule has 0 spiro atoms. The summed E-state index contributed by atoms with van der Waals surface area (Å²) in [4.78, 5) is 9.01. The average molecular weight is 429 g/mol. The molecule has 0 aliphatic heterocycles. The maximum atomic E-state index is 12.7. The molecule has 1 saturated carbocycles. The van der Waals surface area contributed by atoms with Gasteiger partial charge in [0.2, 0.25) is 0 Å². The maximum absolute atomic E-state index is 12.7. The third-order valence-corrected chi connectivity index (χ3v) is 6.27. The van der Waals surface area contributed by atoms with Crippen molar-refractivity contribution in [2.24, 2.45) is 10.9 Å². The molecule has 150 valence electrons. The summed E-state index contributed by atoms with van der Waals surface area (Å²) in [5.41, 5.74) is 3.55. The zero-order valence-corrected chi connectivity index (χ0v) is 17.1. The Morgan fingerprint density at radius 3 is 2.54 bits per heavy atom. The van der Waals surface area contributed by atoms with E-state index in [1.807, 2.05) is 13.0 Å². The Morgan fingerprint density at radius 2 is 1.96 bits per heavy atom. The van der Waals surface area contributed by atoms with Gasteiger partial charge in [0.1, 0.15) is 10.9 Å². The summed E-state index contributed by atoms with van der Waals surface area (Å²) in [5, 5.41) is 0.380. The molecule has 1 aliphatic rings. The first kappa shape index (κ1) is 21.0. The standard InChI is InChI=1S/C20H20ClF3N2OS/c1-12-7-13(2)18(28(27)11-20(22,23)24)9-16(12)26-17(8-14-3-4-14)15-5-6-19(21)25-10-15/h5-7,9-10,14H,3-4,8,11H2,1-2H3. The van der Waals surface area contributed by atoms with Crippen molar-refractivity contribution in [2.45, 2.75) is 44.2 Å². The van der Waals surface area contributed by atoms with Crippen LogP contribution in [-0.4, -0.2) is 26.8 Å². The van der Waals surface area contributed by atoms with E-state index in [-0.39, 0.29) is 4.90 Å². The van der Waals surface area contributed by atoms with Crippen LogP contribution in [0, 0.1) is 19.8 Å². The Hall–Kier alpha value is -1.73. The topological polar surface area (TPSA) is 42.3 Å². The van der Waals surface area contributed by atoms with E-state index < -0.39 is 22.7 Å². The highest BCUT2D eigenvalue weighted by atomic mass is 35.5. The second kappa shape index (κ2) is 8.33. The largest absolute Gasteiger partial charge is 0.400 e. The van der Waals surface area contributed by atoms with E-state index in [0.717, 1.165) is 36.1 Å². The van der Waals surface area contributed by atoms with E-state index in [0.29, 0.717) is 22.3 Å². The molecule has 3 nitrogen and oxygen atoms in total. The van der Waals surface area contributed by atoms with Crippen LogP contribution in [0.25, 0.3) is 0 Å². The Bertz CT molecular complexity index is 922. The molecule has 1 heterocycles. The summed E-state index contributed by atoms with van der Waals surface area (Å²) in [7, 11) is -2.17. The SMILES string of the molecule is Cc1cc(C)c(S(=O)CC(F)(F)F)cc1N=C(CC1CC1)c1ccc(Cl)nc1. The molecule has 0 saturated heterocycles. The molecule has 2 aromatic rings. The lowest BCUT2D eigenvalue weighted by molar-refractivity contribution is -0.105. The van der Waals surface area contributed by atoms with Gasteiger partial charge >= 0.3 is 6.18 Å². The number of aliphatic imine (C=N–C) groups is 1. The average Bonchev–Trinajstić information content (AvgIpc) is 3.39. The molecule has 0 amide bonds. The van der Waals surface area contributed by atoms with Crippen molar-refractivity contribution in [1.82, 2.24) is 4.98 Å². The monoisotopic (exact) mass is 428 g/mol. The van der Waals surface area contributed by atoms with Crippen LogP contribution >= 0.6 is 11.6 Å².